The maximum Gasteiger partial charge on any atom is 0.306 e. The summed E-state index contributed by atoms with van der Waals surface area (Å²) in [7, 11) is 5.94. The van der Waals surface area contributed by atoms with Gasteiger partial charge in [-0.3, -0.25) is 9.59 Å². The van der Waals surface area contributed by atoms with Crippen molar-refractivity contribution < 1.29 is 42.9 Å². The highest BCUT2D eigenvalue weighted by atomic mass is 16.7. The molecule has 0 rings (SSSR count). The van der Waals surface area contributed by atoms with Crippen LogP contribution >= 0.6 is 0 Å². The van der Waals surface area contributed by atoms with Crippen molar-refractivity contribution in [1.29, 1.82) is 0 Å². The number of aliphatic carboxylic acids is 1. The molecule has 9 heteroatoms. The summed E-state index contributed by atoms with van der Waals surface area (Å²) in [6, 6.07) is 0. The summed E-state index contributed by atoms with van der Waals surface area (Å²) < 4.78 is 22.9. The number of carboxylic acid groups (broad SMARTS) is 1. The number of allylic oxidation sites excluding steroid dienone is 24. The van der Waals surface area contributed by atoms with Gasteiger partial charge in [-0.05, 0) is 116 Å². The fourth-order valence-electron chi connectivity index (χ4n) is 11.8. The number of likely N-dealkylation sites (N-methyl/N-ethyl adjacent to an activating group) is 1. The average molecular weight is 1410 g/mol. The van der Waals surface area contributed by atoms with Crippen molar-refractivity contribution in [2.75, 3.05) is 47.5 Å². The molecular weight excluding hydrogens is 1250 g/mol. The van der Waals surface area contributed by atoms with Crippen molar-refractivity contribution in [3.63, 3.8) is 0 Å². The van der Waals surface area contributed by atoms with Crippen molar-refractivity contribution in [3.8, 4) is 0 Å². The number of hydrogen-bond donors (Lipinski definition) is 0. The third-order valence-corrected chi connectivity index (χ3v) is 18.1. The number of carboxylic acids is 1. The van der Waals surface area contributed by atoms with Crippen LogP contribution in [0.1, 0.15) is 361 Å². The predicted molar refractivity (Wildman–Crippen MR) is 435 cm³/mol. The van der Waals surface area contributed by atoms with Gasteiger partial charge in [-0.1, -0.05) is 378 Å². The Hall–Kier alpha value is -4.83. The highest BCUT2D eigenvalue weighted by Crippen LogP contribution is 2.19. The van der Waals surface area contributed by atoms with Crippen LogP contribution in [0.15, 0.2) is 146 Å². The maximum absolute atomic E-state index is 13.0. The Balaban J connectivity index is 4.01. The van der Waals surface area contributed by atoms with Crippen LogP contribution in [0, 0.1) is 0 Å². The summed E-state index contributed by atoms with van der Waals surface area (Å²) in [6.07, 6.45) is 116. The molecule has 9 nitrogen and oxygen atoms in total. The molecule has 0 aromatic heterocycles. The number of ether oxygens (including phenoxy) is 4. The molecule has 0 aliphatic rings. The second kappa shape index (κ2) is 80.8. The molecule has 578 valence electrons. The zero-order valence-corrected chi connectivity index (χ0v) is 66.2. The topological polar surface area (TPSA) is 111 Å². The van der Waals surface area contributed by atoms with E-state index in [1.54, 1.807) is 0 Å². The predicted octanol–water partition coefficient (Wildman–Crippen LogP) is 26.0. The first kappa shape index (κ1) is 96.2. The fraction of sp³-hybridized carbons (Fsp3) is 0.707. The SMILES string of the molecule is CC/C=C\C/C=C\C/C=C\C/C=C\C/C=C\C/C=C\C/C=C\C/C=C\CCCCCCCCCCCCCCCCC(=O)OC(COC(=O)CCCCCCCCCCCCCCCCCCCCCCCCCC/C=C\C/C=C\C/C=C\C/C=C\CC)COC(OCC[N+](C)(C)C)C(=O)[O-]. The van der Waals surface area contributed by atoms with Gasteiger partial charge < -0.3 is 33.3 Å². The van der Waals surface area contributed by atoms with Crippen LogP contribution in [0.3, 0.4) is 0 Å². The Labute approximate surface area is 623 Å². The zero-order chi connectivity index (χ0) is 73.2. The van der Waals surface area contributed by atoms with Crippen LogP contribution in [0.25, 0.3) is 0 Å². The Morgan fingerprint density at radius 3 is 0.792 bits per heavy atom. The second-order valence-electron chi connectivity index (χ2n) is 29.0. The number of unbranched alkanes of at least 4 members (excludes halogenated alkanes) is 38. The lowest BCUT2D eigenvalue weighted by Gasteiger charge is -2.26. The van der Waals surface area contributed by atoms with Crippen LogP contribution in [-0.2, 0) is 33.3 Å². The van der Waals surface area contributed by atoms with Gasteiger partial charge in [-0.15, -0.1) is 0 Å². The first-order valence-corrected chi connectivity index (χ1v) is 42.0. The molecule has 101 heavy (non-hydrogen) atoms. The minimum Gasteiger partial charge on any atom is -0.545 e. The lowest BCUT2D eigenvalue weighted by atomic mass is 10.0. The average Bonchev–Trinajstić information content (AvgIpc) is 1.21. The molecule has 0 saturated heterocycles. The molecule has 0 saturated carbocycles. The van der Waals surface area contributed by atoms with E-state index in [9.17, 15) is 19.5 Å². The molecule has 0 aliphatic carbocycles. The standard InChI is InChI=1S/C92H157NO8/c1-6-8-10-12-14-16-18-20-22-24-26-28-30-32-34-36-38-40-42-44-45-47-49-51-53-55-57-59-61-63-65-67-69-71-73-75-77-79-81-83-90(95)101-88(87-100-92(91(96)97)98-85-84-93(3,4)5)86-99-89(94)82-80-78-76-74-72-70-68-66-64-62-60-58-56-54-52-50-48-46-43-41-39-37-35-33-31-29-27-25-23-21-19-17-15-13-11-9-7-2/h8-11,14-17,20-23,26-29,32,34,38,40,44-45,49,51,88,92H,6-7,12-13,18-19,24-25,30-31,33,35-37,39,41-43,46-48,50,52-87H2,1-5H3/b10-8-,11-9-,16-14-,17-15-,22-20-,23-21-,28-26-,29-27-,34-32-,40-38-,45-44-,51-49-. The molecule has 0 fully saturated rings. The minimum atomic E-state index is -1.63. The molecule has 0 radical (unpaired) electrons. The Morgan fingerprint density at radius 2 is 0.535 bits per heavy atom. The lowest BCUT2D eigenvalue weighted by Crippen LogP contribution is -2.44. The van der Waals surface area contributed by atoms with Gasteiger partial charge in [-0.25, -0.2) is 0 Å². The molecule has 0 aromatic carbocycles. The molecular formula is C92H157NO8. The molecule has 2 unspecified atom stereocenters. The zero-order valence-electron chi connectivity index (χ0n) is 66.2. The van der Waals surface area contributed by atoms with Gasteiger partial charge in [0.05, 0.1) is 40.3 Å². The highest BCUT2D eigenvalue weighted by molar-refractivity contribution is 5.70. The van der Waals surface area contributed by atoms with Gasteiger partial charge >= 0.3 is 11.9 Å². The van der Waals surface area contributed by atoms with Gasteiger partial charge in [0.1, 0.15) is 13.2 Å². The van der Waals surface area contributed by atoms with E-state index in [-0.39, 0.29) is 32.2 Å². The first-order chi connectivity index (χ1) is 49.6. The van der Waals surface area contributed by atoms with E-state index in [0.717, 1.165) is 116 Å². The Morgan fingerprint density at radius 1 is 0.297 bits per heavy atom. The number of rotatable bonds is 77. The van der Waals surface area contributed by atoms with Crippen LogP contribution in [0.4, 0.5) is 0 Å². The summed E-state index contributed by atoms with van der Waals surface area (Å²) >= 11 is 0. The van der Waals surface area contributed by atoms with E-state index >= 15 is 0 Å². The Kier molecular flexibility index (Phi) is 77.0. The quantitative estimate of drug-likeness (QED) is 0.0195. The number of quaternary nitrogens is 1. The number of carbonyl (C=O) groups excluding carboxylic acids is 3. The van der Waals surface area contributed by atoms with Gasteiger partial charge in [0.2, 0.25) is 0 Å². The lowest BCUT2D eigenvalue weighted by molar-refractivity contribution is -0.870. The smallest absolute Gasteiger partial charge is 0.306 e. The molecule has 0 amide bonds. The van der Waals surface area contributed by atoms with Crippen LogP contribution < -0.4 is 5.11 Å². The van der Waals surface area contributed by atoms with Crippen molar-refractivity contribution in [1.82, 2.24) is 0 Å². The summed E-state index contributed by atoms with van der Waals surface area (Å²) in [5.74, 6) is -2.27. The van der Waals surface area contributed by atoms with E-state index in [0.29, 0.717) is 23.9 Å². The number of hydrogen-bond acceptors (Lipinski definition) is 8. The molecule has 0 heterocycles. The number of nitrogens with zero attached hydrogens (tertiary/aromatic N) is 1. The van der Waals surface area contributed by atoms with Crippen molar-refractivity contribution in [2.24, 2.45) is 0 Å². The maximum atomic E-state index is 13.0. The summed E-state index contributed by atoms with van der Waals surface area (Å²) in [5.41, 5.74) is 0. The van der Waals surface area contributed by atoms with Gasteiger partial charge in [-0.2, -0.15) is 0 Å². The third-order valence-electron chi connectivity index (χ3n) is 18.1. The first-order valence-electron chi connectivity index (χ1n) is 42.0. The van der Waals surface area contributed by atoms with Gasteiger partial charge in [0, 0.05) is 12.8 Å². The van der Waals surface area contributed by atoms with Crippen molar-refractivity contribution in [2.45, 2.75) is 373 Å². The monoisotopic (exact) mass is 1400 g/mol. The van der Waals surface area contributed by atoms with Crippen molar-refractivity contribution in [3.05, 3.63) is 146 Å². The van der Waals surface area contributed by atoms with Crippen LogP contribution in [0.2, 0.25) is 0 Å². The normalized spacial score (nSPS) is 13.4. The molecule has 0 spiro atoms. The summed E-state index contributed by atoms with van der Waals surface area (Å²) in [6.45, 7) is 4.56. The van der Waals surface area contributed by atoms with E-state index in [4.69, 9.17) is 18.9 Å². The van der Waals surface area contributed by atoms with E-state index < -0.39 is 24.3 Å². The molecule has 0 N–H and O–H groups in total. The molecule has 0 bridgehead atoms. The highest BCUT2D eigenvalue weighted by Gasteiger charge is 2.22. The molecule has 2 atom stereocenters. The fourth-order valence-corrected chi connectivity index (χ4v) is 11.8. The number of esters is 2. The van der Waals surface area contributed by atoms with E-state index in [1.165, 1.54) is 212 Å². The van der Waals surface area contributed by atoms with E-state index in [1.807, 2.05) is 21.1 Å². The van der Waals surface area contributed by atoms with E-state index in [2.05, 4.69) is 160 Å². The minimum absolute atomic E-state index is 0.145. The van der Waals surface area contributed by atoms with Crippen LogP contribution in [-0.4, -0.2) is 82.3 Å². The van der Waals surface area contributed by atoms with Gasteiger partial charge in [0.15, 0.2) is 12.4 Å². The van der Waals surface area contributed by atoms with Gasteiger partial charge in [0.25, 0.3) is 0 Å². The third kappa shape index (κ3) is 82.3. The largest absolute Gasteiger partial charge is 0.545 e. The second-order valence-corrected chi connectivity index (χ2v) is 29.0. The number of carbonyl (C=O) groups is 3. The Bertz CT molecular complexity index is 2180. The van der Waals surface area contributed by atoms with Crippen LogP contribution in [0.5, 0.6) is 0 Å². The summed E-state index contributed by atoms with van der Waals surface area (Å²) in [4.78, 5) is 37.7. The van der Waals surface area contributed by atoms with Crippen molar-refractivity contribution >= 4 is 17.9 Å². The molecule has 0 aromatic rings. The molecule has 0 aliphatic heterocycles. The summed E-state index contributed by atoms with van der Waals surface area (Å²) in [5, 5.41) is 11.9.